The highest BCUT2D eigenvalue weighted by Gasteiger charge is 2.13. The average molecular weight is 419 g/mol. The second kappa shape index (κ2) is 13.4. The molecule has 2 N–H and O–H groups in total. The number of rotatable bonds is 15. The molecule has 0 saturated carbocycles. The van der Waals surface area contributed by atoms with Gasteiger partial charge in [-0.3, -0.25) is 4.90 Å². The lowest BCUT2D eigenvalue weighted by Gasteiger charge is -2.25. The van der Waals surface area contributed by atoms with Gasteiger partial charge in [0.05, 0.1) is 6.61 Å². The predicted molar refractivity (Wildman–Crippen MR) is 111 cm³/mol. The number of carboxylic acids is 1. The van der Waals surface area contributed by atoms with Crippen LogP contribution in [0, 0.1) is 0 Å². The summed E-state index contributed by atoms with van der Waals surface area (Å²) in [4.78, 5) is 12.6. The van der Waals surface area contributed by atoms with Crippen molar-refractivity contribution in [3.63, 3.8) is 0 Å². The quantitative estimate of drug-likeness (QED) is 0.452. The number of aliphatic carboxylic acids is 1. The van der Waals surface area contributed by atoms with Gasteiger partial charge in [-0.15, -0.1) is 0 Å². The minimum Gasteiger partial charge on any atom is -0.492 e. The Morgan fingerprint density at radius 2 is 1.50 bits per heavy atom. The van der Waals surface area contributed by atoms with Gasteiger partial charge in [-0.1, -0.05) is 18.2 Å². The first kappa shape index (κ1) is 23.5. The van der Waals surface area contributed by atoms with Crippen molar-refractivity contribution in [3.05, 3.63) is 54.6 Å². The smallest absolute Gasteiger partial charge is 0.341 e. The number of para-hydroxylation sites is 1. The van der Waals surface area contributed by atoms with Crippen LogP contribution in [0.2, 0.25) is 0 Å². The molecule has 0 heterocycles. The lowest BCUT2D eigenvalue weighted by atomic mass is 10.3. The Balaban J connectivity index is 1.74. The highest BCUT2D eigenvalue weighted by molar-refractivity contribution is 5.68. The first-order valence-electron chi connectivity index (χ1n) is 9.71. The van der Waals surface area contributed by atoms with Crippen LogP contribution in [0.4, 0.5) is 0 Å². The fraction of sp³-hybridized carbons (Fsp3) is 0.409. The molecule has 8 heteroatoms. The molecule has 0 saturated heterocycles. The Morgan fingerprint density at radius 1 is 0.900 bits per heavy atom. The van der Waals surface area contributed by atoms with Crippen LogP contribution >= 0.6 is 0 Å². The maximum absolute atomic E-state index is 10.5. The van der Waals surface area contributed by atoms with Crippen LogP contribution in [0.3, 0.4) is 0 Å². The number of hydrogen-bond acceptors (Lipinski definition) is 7. The van der Waals surface area contributed by atoms with E-state index in [1.807, 2.05) is 35.2 Å². The number of nitrogens with zero attached hydrogens (tertiary/aromatic N) is 1. The second-order valence-corrected chi connectivity index (χ2v) is 6.57. The normalized spacial score (nSPS) is 11.8. The van der Waals surface area contributed by atoms with Gasteiger partial charge in [0.1, 0.15) is 36.6 Å². The van der Waals surface area contributed by atoms with Crippen LogP contribution in [-0.2, 0) is 9.53 Å². The molecule has 8 nitrogen and oxygen atoms in total. The van der Waals surface area contributed by atoms with Gasteiger partial charge in [-0.2, -0.15) is 0 Å². The number of carboxylic acid groups (broad SMARTS) is 1. The number of aliphatic hydroxyl groups is 1. The van der Waals surface area contributed by atoms with Gasteiger partial charge in [-0.05, 0) is 36.4 Å². The molecular weight excluding hydrogens is 390 g/mol. The highest BCUT2D eigenvalue weighted by Crippen LogP contribution is 2.17. The SMILES string of the molecule is COCCN(CCOc1ccc(OCC(=O)O)cc1)C[C@@H](O)COc1ccccc1. The zero-order valence-corrected chi connectivity index (χ0v) is 17.1. The van der Waals surface area contributed by atoms with Crippen LogP contribution in [0.5, 0.6) is 17.2 Å². The van der Waals surface area contributed by atoms with Crippen LogP contribution < -0.4 is 14.2 Å². The third-order valence-electron chi connectivity index (χ3n) is 4.13. The molecule has 164 valence electrons. The summed E-state index contributed by atoms with van der Waals surface area (Å²) in [6, 6.07) is 16.1. The number of methoxy groups -OCH3 is 1. The fourth-order valence-electron chi connectivity index (χ4n) is 2.64. The third kappa shape index (κ3) is 9.60. The van der Waals surface area contributed by atoms with Crippen molar-refractivity contribution in [1.29, 1.82) is 0 Å². The number of ether oxygens (including phenoxy) is 4. The summed E-state index contributed by atoms with van der Waals surface area (Å²) < 4.78 is 21.6. The topological polar surface area (TPSA) is 97.7 Å². The summed E-state index contributed by atoms with van der Waals surface area (Å²) >= 11 is 0. The first-order chi connectivity index (χ1) is 14.6. The summed E-state index contributed by atoms with van der Waals surface area (Å²) in [5.74, 6) is 0.812. The number of benzene rings is 2. The Labute approximate surface area is 176 Å². The lowest BCUT2D eigenvalue weighted by molar-refractivity contribution is -0.139. The molecule has 30 heavy (non-hydrogen) atoms. The zero-order valence-electron chi connectivity index (χ0n) is 17.1. The minimum absolute atomic E-state index is 0.201. The van der Waals surface area contributed by atoms with E-state index in [-0.39, 0.29) is 13.2 Å². The van der Waals surface area contributed by atoms with E-state index in [0.29, 0.717) is 44.3 Å². The summed E-state index contributed by atoms with van der Waals surface area (Å²) in [6.45, 7) is 2.47. The molecule has 0 unspecified atom stereocenters. The fourth-order valence-corrected chi connectivity index (χ4v) is 2.64. The molecule has 0 amide bonds. The van der Waals surface area contributed by atoms with Crippen molar-refractivity contribution in [3.8, 4) is 17.2 Å². The Bertz CT molecular complexity index is 724. The molecule has 0 bridgehead atoms. The van der Waals surface area contributed by atoms with Crippen molar-refractivity contribution < 1.29 is 34.0 Å². The lowest BCUT2D eigenvalue weighted by Crippen LogP contribution is -2.39. The van der Waals surface area contributed by atoms with E-state index in [9.17, 15) is 9.90 Å². The summed E-state index contributed by atoms with van der Waals surface area (Å²) in [6.07, 6.45) is -0.646. The van der Waals surface area contributed by atoms with E-state index < -0.39 is 12.1 Å². The summed E-state index contributed by atoms with van der Waals surface area (Å²) in [5, 5.41) is 18.9. The van der Waals surface area contributed by atoms with Gasteiger partial charge in [0, 0.05) is 26.7 Å². The average Bonchev–Trinajstić information content (AvgIpc) is 2.76. The summed E-state index contributed by atoms with van der Waals surface area (Å²) in [7, 11) is 1.64. The Morgan fingerprint density at radius 3 is 2.13 bits per heavy atom. The van der Waals surface area contributed by atoms with E-state index >= 15 is 0 Å². The van der Waals surface area contributed by atoms with Crippen LogP contribution in [0.1, 0.15) is 0 Å². The molecule has 1 atom stereocenters. The zero-order chi connectivity index (χ0) is 21.6. The van der Waals surface area contributed by atoms with E-state index in [1.165, 1.54) is 0 Å². The van der Waals surface area contributed by atoms with Gasteiger partial charge in [-0.25, -0.2) is 4.79 Å². The molecular formula is C22H29NO7. The molecule has 0 aliphatic rings. The van der Waals surface area contributed by atoms with Gasteiger partial charge in [0.15, 0.2) is 6.61 Å². The maximum Gasteiger partial charge on any atom is 0.341 e. The first-order valence-corrected chi connectivity index (χ1v) is 9.71. The third-order valence-corrected chi connectivity index (χ3v) is 4.13. The van der Waals surface area contributed by atoms with Gasteiger partial charge < -0.3 is 29.2 Å². The monoisotopic (exact) mass is 419 g/mol. The molecule has 0 aliphatic heterocycles. The van der Waals surface area contributed by atoms with Crippen LogP contribution in [0.25, 0.3) is 0 Å². The van der Waals surface area contributed by atoms with Crippen molar-refractivity contribution in [1.82, 2.24) is 4.90 Å². The van der Waals surface area contributed by atoms with Crippen molar-refractivity contribution in [2.75, 3.05) is 53.2 Å². The van der Waals surface area contributed by atoms with E-state index in [0.717, 1.165) is 5.75 Å². The van der Waals surface area contributed by atoms with Crippen LogP contribution in [-0.4, -0.2) is 80.4 Å². The van der Waals surface area contributed by atoms with E-state index in [1.54, 1.807) is 31.4 Å². The highest BCUT2D eigenvalue weighted by atomic mass is 16.5. The minimum atomic E-state index is -1.03. The largest absolute Gasteiger partial charge is 0.492 e. The van der Waals surface area contributed by atoms with Crippen molar-refractivity contribution >= 4 is 5.97 Å². The van der Waals surface area contributed by atoms with Crippen molar-refractivity contribution in [2.24, 2.45) is 0 Å². The second-order valence-electron chi connectivity index (χ2n) is 6.57. The molecule has 2 aromatic carbocycles. The molecule has 0 fully saturated rings. The Hall–Kier alpha value is -2.81. The molecule has 0 spiro atoms. The number of aliphatic hydroxyl groups excluding tert-OH is 1. The molecule has 2 rings (SSSR count). The molecule has 2 aromatic rings. The summed E-state index contributed by atoms with van der Waals surface area (Å²) in [5.41, 5.74) is 0. The maximum atomic E-state index is 10.5. The molecule has 0 radical (unpaired) electrons. The van der Waals surface area contributed by atoms with Gasteiger partial charge >= 0.3 is 5.97 Å². The van der Waals surface area contributed by atoms with Crippen molar-refractivity contribution in [2.45, 2.75) is 6.10 Å². The van der Waals surface area contributed by atoms with E-state index in [4.69, 9.17) is 24.1 Å². The predicted octanol–water partition coefficient (Wildman–Crippen LogP) is 1.92. The Kier molecular flexibility index (Phi) is 10.5. The van der Waals surface area contributed by atoms with Gasteiger partial charge in [0.2, 0.25) is 0 Å². The number of hydrogen-bond donors (Lipinski definition) is 2. The molecule has 0 aromatic heterocycles. The number of carbonyl (C=O) groups is 1. The standard InChI is InChI=1S/C22H29NO7/c1-27-13-11-23(15-18(24)16-29-19-5-3-2-4-6-19)12-14-28-20-7-9-21(10-8-20)30-17-22(25)26/h2-10,18,24H,11-17H2,1H3,(H,25,26)/t18-/m1/s1. The van der Waals surface area contributed by atoms with E-state index in [2.05, 4.69) is 0 Å². The molecule has 0 aliphatic carbocycles. The van der Waals surface area contributed by atoms with Gasteiger partial charge in [0.25, 0.3) is 0 Å². The van der Waals surface area contributed by atoms with Crippen LogP contribution in [0.15, 0.2) is 54.6 Å².